The van der Waals surface area contributed by atoms with Gasteiger partial charge >= 0.3 is 5.97 Å². The Balaban J connectivity index is 2.69. The van der Waals surface area contributed by atoms with Crippen LogP contribution in [-0.4, -0.2) is 24.3 Å². The van der Waals surface area contributed by atoms with Crippen LogP contribution in [0.1, 0.15) is 24.8 Å². The topological polar surface area (TPSA) is 46.5 Å². The van der Waals surface area contributed by atoms with Gasteiger partial charge in [-0.2, -0.15) is 0 Å². The third-order valence-electron chi connectivity index (χ3n) is 2.33. The second-order valence-corrected chi connectivity index (χ2v) is 4.34. The van der Waals surface area contributed by atoms with Crippen molar-refractivity contribution in [2.45, 2.75) is 19.3 Å². The van der Waals surface area contributed by atoms with E-state index in [2.05, 4.69) is 15.9 Å². The smallest absolute Gasteiger partial charge is 0.311 e. The van der Waals surface area contributed by atoms with Gasteiger partial charge in [0.05, 0.1) is 5.92 Å². The summed E-state index contributed by atoms with van der Waals surface area (Å²) in [4.78, 5) is 11.1. The van der Waals surface area contributed by atoms with E-state index >= 15 is 0 Å². The van der Waals surface area contributed by atoms with Crippen LogP contribution in [0.4, 0.5) is 0 Å². The first-order chi connectivity index (χ1) is 7.65. The first-order valence-electron chi connectivity index (χ1n) is 5.21. The maximum atomic E-state index is 11.1. The minimum atomic E-state index is -0.804. The molecule has 0 aliphatic heterocycles. The second kappa shape index (κ2) is 6.66. The van der Waals surface area contributed by atoms with Crippen LogP contribution in [0.5, 0.6) is 0 Å². The van der Waals surface area contributed by atoms with Crippen LogP contribution in [0.25, 0.3) is 0 Å². The molecular formula is C12H15BrO3. The fourth-order valence-corrected chi connectivity index (χ4v) is 1.74. The zero-order valence-corrected chi connectivity index (χ0v) is 10.7. The predicted molar refractivity (Wildman–Crippen MR) is 65.6 cm³/mol. The van der Waals surface area contributed by atoms with Gasteiger partial charge in [-0.3, -0.25) is 4.79 Å². The number of halogens is 1. The summed E-state index contributed by atoms with van der Waals surface area (Å²) in [6, 6.07) is 7.36. The number of carboxylic acids is 1. The summed E-state index contributed by atoms with van der Waals surface area (Å²) in [7, 11) is 0. The van der Waals surface area contributed by atoms with Crippen molar-refractivity contribution in [1.29, 1.82) is 0 Å². The molecule has 1 atom stereocenters. The number of hydrogen-bond acceptors (Lipinski definition) is 2. The van der Waals surface area contributed by atoms with Crippen molar-refractivity contribution in [2.75, 3.05) is 13.2 Å². The fraction of sp³-hybridized carbons (Fsp3) is 0.417. The average Bonchev–Trinajstić information content (AvgIpc) is 2.26. The Kier molecular flexibility index (Phi) is 5.49. The second-order valence-electron chi connectivity index (χ2n) is 3.43. The number of aliphatic carboxylic acids is 1. The van der Waals surface area contributed by atoms with Crippen molar-refractivity contribution >= 4 is 21.9 Å². The highest BCUT2D eigenvalue weighted by molar-refractivity contribution is 9.10. The maximum Gasteiger partial charge on any atom is 0.311 e. The van der Waals surface area contributed by atoms with Gasteiger partial charge in [-0.1, -0.05) is 28.1 Å². The minimum Gasteiger partial charge on any atom is -0.481 e. The van der Waals surface area contributed by atoms with Crippen LogP contribution in [0.2, 0.25) is 0 Å². The summed E-state index contributed by atoms with van der Waals surface area (Å²) in [5.74, 6) is -1.29. The maximum absolute atomic E-state index is 11.1. The Hall–Kier alpha value is -0.870. The number of benzene rings is 1. The van der Waals surface area contributed by atoms with Crippen LogP contribution in [0, 0.1) is 0 Å². The van der Waals surface area contributed by atoms with Gasteiger partial charge in [0, 0.05) is 17.7 Å². The van der Waals surface area contributed by atoms with E-state index in [4.69, 9.17) is 9.84 Å². The van der Waals surface area contributed by atoms with Crippen molar-refractivity contribution in [3.63, 3.8) is 0 Å². The molecule has 0 spiro atoms. The van der Waals surface area contributed by atoms with Crippen LogP contribution >= 0.6 is 15.9 Å². The van der Waals surface area contributed by atoms with Crippen molar-refractivity contribution in [3.05, 3.63) is 34.3 Å². The third kappa shape index (κ3) is 3.94. The number of carbonyl (C=O) groups is 1. The zero-order valence-electron chi connectivity index (χ0n) is 9.15. The Morgan fingerprint density at radius 3 is 2.56 bits per heavy atom. The molecule has 0 saturated carbocycles. The molecule has 88 valence electrons. The first-order valence-corrected chi connectivity index (χ1v) is 6.00. The van der Waals surface area contributed by atoms with Gasteiger partial charge in [0.25, 0.3) is 0 Å². The van der Waals surface area contributed by atoms with Gasteiger partial charge in [-0.05, 0) is 31.0 Å². The molecule has 0 bridgehead atoms. The largest absolute Gasteiger partial charge is 0.481 e. The molecule has 3 nitrogen and oxygen atoms in total. The number of hydrogen-bond donors (Lipinski definition) is 1. The summed E-state index contributed by atoms with van der Waals surface area (Å²) in [6.45, 7) is 2.99. The van der Waals surface area contributed by atoms with E-state index in [1.807, 2.05) is 31.2 Å². The van der Waals surface area contributed by atoms with E-state index in [-0.39, 0.29) is 0 Å². The van der Waals surface area contributed by atoms with Gasteiger partial charge in [0.2, 0.25) is 0 Å². The summed E-state index contributed by atoms with van der Waals surface area (Å²) >= 11 is 3.32. The highest BCUT2D eigenvalue weighted by atomic mass is 79.9. The molecule has 0 fully saturated rings. The fourth-order valence-electron chi connectivity index (χ4n) is 1.47. The molecule has 1 aromatic rings. The highest BCUT2D eigenvalue weighted by Crippen LogP contribution is 2.22. The van der Waals surface area contributed by atoms with Crippen molar-refractivity contribution in [3.8, 4) is 0 Å². The molecule has 0 aliphatic carbocycles. The molecule has 0 aliphatic rings. The molecule has 0 saturated heterocycles. The molecule has 1 aromatic carbocycles. The van der Waals surface area contributed by atoms with Crippen molar-refractivity contribution in [2.24, 2.45) is 0 Å². The third-order valence-corrected chi connectivity index (χ3v) is 2.85. The monoisotopic (exact) mass is 286 g/mol. The quantitative estimate of drug-likeness (QED) is 0.818. The molecule has 0 heterocycles. The highest BCUT2D eigenvalue weighted by Gasteiger charge is 2.19. The molecule has 1 N–H and O–H groups in total. The summed E-state index contributed by atoms with van der Waals surface area (Å²) in [5.41, 5.74) is 0.815. The van der Waals surface area contributed by atoms with Gasteiger partial charge in [-0.15, -0.1) is 0 Å². The number of rotatable bonds is 6. The van der Waals surface area contributed by atoms with Crippen LogP contribution in [0.15, 0.2) is 28.7 Å². The molecule has 0 aromatic heterocycles. The molecular weight excluding hydrogens is 272 g/mol. The first kappa shape index (κ1) is 13.2. The lowest BCUT2D eigenvalue weighted by Gasteiger charge is -2.12. The standard InChI is InChI=1S/C12H15BrO3/c1-2-16-8-7-11(12(14)15)9-3-5-10(13)6-4-9/h3-6,11H,2,7-8H2,1H3,(H,14,15). The lowest BCUT2D eigenvalue weighted by Crippen LogP contribution is -2.14. The van der Waals surface area contributed by atoms with Gasteiger partial charge < -0.3 is 9.84 Å². The van der Waals surface area contributed by atoms with E-state index in [0.29, 0.717) is 19.6 Å². The average molecular weight is 287 g/mol. The lowest BCUT2D eigenvalue weighted by atomic mass is 9.96. The van der Waals surface area contributed by atoms with E-state index < -0.39 is 11.9 Å². The molecule has 1 rings (SSSR count). The van der Waals surface area contributed by atoms with Gasteiger partial charge in [0.15, 0.2) is 0 Å². The normalized spacial score (nSPS) is 12.4. The molecule has 0 amide bonds. The summed E-state index contributed by atoms with van der Waals surface area (Å²) < 4.78 is 6.14. The molecule has 1 unspecified atom stereocenters. The minimum absolute atomic E-state index is 0.476. The Labute approximate surface area is 104 Å². The SMILES string of the molecule is CCOCCC(C(=O)O)c1ccc(Br)cc1. The van der Waals surface area contributed by atoms with E-state index in [0.717, 1.165) is 10.0 Å². The molecule has 4 heteroatoms. The van der Waals surface area contributed by atoms with E-state index in [1.165, 1.54) is 0 Å². The van der Waals surface area contributed by atoms with Crippen LogP contribution < -0.4 is 0 Å². The van der Waals surface area contributed by atoms with E-state index in [1.54, 1.807) is 0 Å². The zero-order chi connectivity index (χ0) is 12.0. The summed E-state index contributed by atoms with van der Waals surface area (Å²) in [5, 5.41) is 9.13. The van der Waals surface area contributed by atoms with E-state index in [9.17, 15) is 4.79 Å². The van der Waals surface area contributed by atoms with Gasteiger partial charge in [0.1, 0.15) is 0 Å². The summed E-state index contributed by atoms with van der Waals surface area (Å²) in [6.07, 6.45) is 0.505. The lowest BCUT2D eigenvalue weighted by molar-refractivity contribution is -0.139. The van der Waals surface area contributed by atoms with Crippen LogP contribution in [0.3, 0.4) is 0 Å². The molecule has 0 radical (unpaired) electrons. The Morgan fingerprint density at radius 2 is 2.06 bits per heavy atom. The number of carboxylic acid groups (broad SMARTS) is 1. The Bertz CT molecular complexity index is 335. The number of ether oxygens (including phenoxy) is 1. The van der Waals surface area contributed by atoms with Gasteiger partial charge in [-0.25, -0.2) is 0 Å². The van der Waals surface area contributed by atoms with Crippen molar-refractivity contribution < 1.29 is 14.6 Å². The van der Waals surface area contributed by atoms with Crippen LogP contribution in [-0.2, 0) is 9.53 Å². The van der Waals surface area contributed by atoms with Crippen molar-refractivity contribution in [1.82, 2.24) is 0 Å². The molecule has 16 heavy (non-hydrogen) atoms. The Morgan fingerprint density at radius 1 is 1.44 bits per heavy atom. The predicted octanol–water partition coefficient (Wildman–Crippen LogP) is 3.04.